The van der Waals surface area contributed by atoms with E-state index in [0.29, 0.717) is 0 Å². The highest BCUT2D eigenvalue weighted by Crippen LogP contribution is 2.38. The van der Waals surface area contributed by atoms with E-state index in [1.165, 1.54) is 52.0 Å². The lowest BCUT2D eigenvalue weighted by molar-refractivity contribution is 0.0238. The highest BCUT2D eigenvalue weighted by molar-refractivity contribution is 4.92. The average molecular weight is 180 g/mol. The summed E-state index contributed by atoms with van der Waals surface area (Å²) in [6.07, 6.45) is 4.41. The maximum absolute atomic E-state index is 3.51. The summed E-state index contributed by atoms with van der Waals surface area (Å²) in [5, 5.41) is 3.51. The molecule has 4 aliphatic heterocycles. The summed E-state index contributed by atoms with van der Waals surface area (Å²) in [4.78, 5) is 2.68. The normalized spacial score (nSPS) is 49.8. The van der Waals surface area contributed by atoms with Gasteiger partial charge in [0.1, 0.15) is 0 Å². The maximum atomic E-state index is 3.51. The van der Waals surface area contributed by atoms with Crippen molar-refractivity contribution in [2.75, 3.05) is 32.7 Å². The molecule has 74 valence electrons. The Labute approximate surface area is 80.7 Å². The van der Waals surface area contributed by atoms with E-state index in [9.17, 15) is 0 Å². The van der Waals surface area contributed by atoms with Gasteiger partial charge in [0.2, 0.25) is 0 Å². The van der Waals surface area contributed by atoms with Crippen molar-refractivity contribution in [2.45, 2.75) is 19.3 Å². The Morgan fingerprint density at radius 2 is 1.85 bits per heavy atom. The Hall–Kier alpha value is -0.0800. The summed E-state index contributed by atoms with van der Waals surface area (Å²) < 4.78 is 0. The summed E-state index contributed by atoms with van der Waals surface area (Å²) in [7, 11) is 0. The van der Waals surface area contributed by atoms with Crippen molar-refractivity contribution in [3.05, 3.63) is 0 Å². The van der Waals surface area contributed by atoms with E-state index < -0.39 is 0 Å². The first kappa shape index (κ1) is 8.25. The van der Waals surface area contributed by atoms with Gasteiger partial charge in [0.25, 0.3) is 0 Å². The minimum Gasteiger partial charge on any atom is -0.316 e. The van der Waals surface area contributed by atoms with Crippen LogP contribution in [-0.4, -0.2) is 37.6 Å². The molecular formula is C11H20N2. The molecule has 4 saturated heterocycles. The summed E-state index contributed by atoms with van der Waals surface area (Å²) in [5.41, 5.74) is 0. The van der Waals surface area contributed by atoms with E-state index in [2.05, 4.69) is 10.2 Å². The number of hydrogen-bond acceptors (Lipinski definition) is 2. The first-order chi connectivity index (χ1) is 6.43. The van der Waals surface area contributed by atoms with Crippen LogP contribution in [0.2, 0.25) is 0 Å². The molecule has 0 aliphatic carbocycles. The molecule has 0 aromatic heterocycles. The monoisotopic (exact) mass is 180 g/mol. The molecule has 2 unspecified atom stereocenters. The van der Waals surface area contributed by atoms with Gasteiger partial charge in [-0.3, -0.25) is 0 Å². The fourth-order valence-corrected chi connectivity index (χ4v) is 3.59. The molecule has 0 radical (unpaired) electrons. The van der Waals surface area contributed by atoms with Crippen molar-refractivity contribution in [3.63, 3.8) is 0 Å². The molecule has 0 aromatic rings. The van der Waals surface area contributed by atoms with Crippen molar-refractivity contribution in [3.8, 4) is 0 Å². The molecule has 0 spiro atoms. The van der Waals surface area contributed by atoms with Crippen molar-refractivity contribution in [2.24, 2.45) is 17.8 Å². The van der Waals surface area contributed by atoms with Gasteiger partial charge in [-0.25, -0.2) is 0 Å². The molecule has 4 aliphatic rings. The van der Waals surface area contributed by atoms with Crippen molar-refractivity contribution in [1.29, 1.82) is 0 Å². The second-order valence-corrected chi connectivity index (χ2v) is 5.05. The van der Waals surface area contributed by atoms with E-state index in [0.717, 1.165) is 17.8 Å². The topological polar surface area (TPSA) is 15.3 Å². The Balaban J connectivity index is 1.70. The third-order valence-electron chi connectivity index (χ3n) is 4.41. The highest BCUT2D eigenvalue weighted by atomic mass is 15.1. The van der Waals surface area contributed by atoms with Gasteiger partial charge in [0.15, 0.2) is 0 Å². The summed E-state index contributed by atoms with van der Waals surface area (Å²) >= 11 is 0. The lowest BCUT2D eigenvalue weighted by atomic mass is 9.72. The smallest absolute Gasteiger partial charge is 0.00155 e. The zero-order valence-electron chi connectivity index (χ0n) is 8.34. The molecular weight excluding hydrogens is 160 g/mol. The third kappa shape index (κ3) is 1.40. The number of piperidine rings is 3. The van der Waals surface area contributed by atoms with Gasteiger partial charge in [-0.15, -0.1) is 0 Å². The minimum absolute atomic E-state index is 1.01. The number of nitrogens with one attached hydrogen (secondary N) is 1. The SMILES string of the molecule is C1CC(C2CN3CCC2CC3)CN1. The molecule has 0 aromatic carbocycles. The predicted octanol–water partition coefficient (Wildman–Crippen LogP) is 0.938. The van der Waals surface area contributed by atoms with Gasteiger partial charge in [-0.05, 0) is 63.2 Å². The number of hydrogen-bond donors (Lipinski definition) is 1. The van der Waals surface area contributed by atoms with Crippen LogP contribution in [0.4, 0.5) is 0 Å². The minimum atomic E-state index is 1.01. The molecule has 4 heterocycles. The molecule has 2 atom stereocenters. The summed E-state index contributed by atoms with van der Waals surface area (Å²) in [6, 6.07) is 0. The van der Waals surface area contributed by atoms with Crippen LogP contribution in [0.3, 0.4) is 0 Å². The third-order valence-corrected chi connectivity index (χ3v) is 4.41. The molecule has 1 N–H and O–H groups in total. The number of nitrogens with zero attached hydrogens (tertiary/aromatic N) is 1. The van der Waals surface area contributed by atoms with Crippen molar-refractivity contribution in [1.82, 2.24) is 10.2 Å². The molecule has 0 saturated carbocycles. The number of rotatable bonds is 1. The lowest BCUT2D eigenvalue weighted by Gasteiger charge is -2.47. The van der Waals surface area contributed by atoms with E-state index >= 15 is 0 Å². The van der Waals surface area contributed by atoms with Gasteiger partial charge in [-0.2, -0.15) is 0 Å². The second kappa shape index (κ2) is 3.25. The first-order valence-corrected chi connectivity index (χ1v) is 5.86. The average Bonchev–Trinajstić information content (AvgIpc) is 2.72. The maximum Gasteiger partial charge on any atom is 0.00155 e. The molecule has 2 bridgehead atoms. The molecule has 2 heteroatoms. The van der Waals surface area contributed by atoms with Gasteiger partial charge >= 0.3 is 0 Å². The van der Waals surface area contributed by atoms with Crippen molar-refractivity contribution < 1.29 is 0 Å². The Kier molecular flexibility index (Phi) is 2.06. The van der Waals surface area contributed by atoms with E-state index in [-0.39, 0.29) is 0 Å². The van der Waals surface area contributed by atoms with E-state index in [1.807, 2.05) is 0 Å². The first-order valence-electron chi connectivity index (χ1n) is 5.86. The largest absolute Gasteiger partial charge is 0.316 e. The summed E-state index contributed by atoms with van der Waals surface area (Å²) in [5.74, 6) is 3.13. The molecule has 4 fully saturated rings. The lowest BCUT2D eigenvalue weighted by Crippen LogP contribution is -2.50. The quantitative estimate of drug-likeness (QED) is 0.646. The highest BCUT2D eigenvalue weighted by Gasteiger charge is 2.38. The van der Waals surface area contributed by atoms with Crippen LogP contribution >= 0.6 is 0 Å². The fraction of sp³-hybridized carbons (Fsp3) is 1.00. The summed E-state index contributed by atoms with van der Waals surface area (Å²) in [6.45, 7) is 6.77. The Bertz CT molecular complexity index is 177. The van der Waals surface area contributed by atoms with Gasteiger partial charge in [-0.1, -0.05) is 0 Å². The second-order valence-electron chi connectivity index (χ2n) is 5.05. The van der Waals surface area contributed by atoms with E-state index in [4.69, 9.17) is 0 Å². The molecule has 13 heavy (non-hydrogen) atoms. The Morgan fingerprint density at radius 3 is 2.38 bits per heavy atom. The van der Waals surface area contributed by atoms with Crippen LogP contribution in [0, 0.1) is 17.8 Å². The van der Waals surface area contributed by atoms with Crippen LogP contribution in [0.5, 0.6) is 0 Å². The Morgan fingerprint density at radius 1 is 1.00 bits per heavy atom. The van der Waals surface area contributed by atoms with E-state index in [1.54, 1.807) is 0 Å². The zero-order chi connectivity index (χ0) is 8.67. The molecule has 2 nitrogen and oxygen atoms in total. The van der Waals surface area contributed by atoms with Gasteiger partial charge in [0.05, 0.1) is 0 Å². The van der Waals surface area contributed by atoms with Crippen molar-refractivity contribution >= 4 is 0 Å². The van der Waals surface area contributed by atoms with Crippen LogP contribution in [0.25, 0.3) is 0 Å². The fourth-order valence-electron chi connectivity index (χ4n) is 3.59. The van der Waals surface area contributed by atoms with Crippen LogP contribution in [-0.2, 0) is 0 Å². The van der Waals surface area contributed by atoms with Crippen LogP contribution < -0.4 is 5.32 Å². The standard InChI is InChI=1S/C11H20N2/c1-4-12-7-10(1)11-8-13-5-2-9(11)3-6-13/h9-12H,1-8H2. The molecule has 0 amide bonds. The van der Waals surface area contributed by atoms with Crippen LogP contribution in [0.15, 0.2) is 0 Å². The van der Waals surface area contributed by atoms with Gasteiger partial charge < -0.3 is 10.2 Å². The van der Waals surface area contributed by atoms with Crippen LogP contribution in [0.1, 0.15) is 19.3 Å². The zero-order valence-corrected chi connectivity index (χ0v) is 8.34. The van der Waals surface area contributed by atoms with Gasteiger partial charge in [0, 0.05) is 6.54 Å². The molecule has 4 rings (SSSR count). The predicted molar refractivity (Wildman–Crippen MR) is 53.6 cm³/mol. The number of fused-ring (bicyclic) bond motifs is 3.